The molecule has 0 aromatic carbocycles. The Kier molecular flexibility index (Phi) is 6.21. The highest BCUT2D eigenvalue weighted by atomic mass is 35.5. The molecule has 2 heterocycles. The van der Waals surface area contributed by atoms with Crippen LogP contribution < -0.4 is 5.32 Å². The van der Waals surface area contributed by atoms with Crippen LogP contribution in [0.2, 0.25) is 5.02 Å². The molecule has 0 aliphatic heterocycles. The molecule has 4 nitrogen and oxygen atoms in total. The quantitative estimate of drug-likeness (QED) is 0.810. The summed E-state index contributed by atoms with van der Waals surface area (Å²) in [6.07, 6.45) is 8.47. The monoisotopic (exact) mass is 306 g/mol. The molecule has 5 heteroatoms. The van der Waals surface area contributed by atoms with E-state index in [0.29, 0.717) is 0 Å². The first-order chi connectivity index (χ1) is 10.3. The Labute approximate surface area is 131 Å². The molecule has 0 saturated carbocycles. The Morgan fingerprint density at radius 2 is 2.05 bits per heavy atom. The lowest BCUT2D eigenvalue weighted by Crippen LogP contribution is -2.25. The van der Waals surface area contributed by atoms with Crippen molar-refractivity contribution in [3.8, 4) is 0 Å². The summed E-state index contributed by atoms with van der Waals surface area (Å²) >= 11 is 6.36. The van der Waals surface area contributed by atoms with Gasteiger partial charge in [-0.3, -0.25) is 9.67 Å². The SMILES string of the molecule is CCCn1ncc(Cl)c1C(CCc1ccncc1)NCC. The van der Waals surface area contributed by atoms with E-state index in [1.807, 2.05) is 17.1 Å². The van der Waals surface area contributed by atoms with Gasteiger partial charge in [-0.1, -0.05) is 25.4 Å². The van der Waals surface area contributed by atoms with Gasteiger partial charge in [-0.25, -0.2) is 0 Å². The normalized spacial score (nSPS) is 12.5. The van der Waals surface area contributed by atoms with E-state index in [-0.39, 0.29) is 6.04 Å². The van der Waals surface area contributed by atoms with Gasteiger partial charge in [-0.2, -0.15) is 5.10 Å². The third-order valence-electron chi connectivity index (χ3n) is 3.52. The molecule has 0 radical (unpaired) electrons. The Bertz CT molecular complexity index is 538. The fourth-order valence-corrected chi connectivity index (χ4v) is 2.82. The minimum Gasteiger partial charge on any atom is -0.309 e. The van der Waals surface area contributed by atoms with Crippen LogP contribution in [0.25, 0.3) is 0 Å². The van der Waals surface area contributed by atoms with Crippen LogP contribution >= 0.6 is 11.6 Å². The van der Waals surface area contributed by atoms with E-state index in [2.05, 4.69) is 41.4 Å². The summed E-state index contributed by atoms with van der Waals surface area (Å²) in [6.45, 7) is 6.08. The number of rotatable bonds is 8. The molecule has 0 spiro atoms. The van der Waals surface area contributed by atoms with Crippen molar-refractivity contribution < 1.29 is 0 Å². The van der Waals surface area contributed by atoms with Gasteiger partial charge in [0, 0.05) is 18.9 Å². The van der Waals surface area contributed by atoms with Gasteiger partial charge >= 0.3 is 0 Å². The smallest absolute Gasteiger partial charge is 0.0834 e. The van der Waals surface area contributed by atoms with Crippen LogP contribution in [0.15, 0.2) is 30.7 Å². The molecule has 2 rings (SSSR count). The summed E-state index contributed by atoms with van der Waals surface area (Å²) in [7, 11) is 0. The van der Waals surface area contributed by atoms with Crippen LogP contribution in [-0.2, 0) is 13.0 Å². The highest BCUT2D eigenvalue weighted by molar-refractivity contribution is 6.31. The average molecular weight is 307 g/mol. The van der Waals surface area contributed by atoms with Crippen molar-refractivity contribution in [2.75, 3.05) is 6.54 Å². The Hall–Kier alpha value is -1.39. The van der Waals surface area contributed by atoms with Gasteiger partial charge < -0.3 is 5.32 Å². The molecule has 0 amide bonds. The van der Waals surface area contributed by atoms with E-state index >= 15 is 0 Å². The van der Waals surface area contributed by atoms with E-state index in [1.54, 1.807) is 6.20 Å². The molecule has 0 aliphatic carbocycles. The maximum Gasteiger partial charge on any atom is 0.0834 e. The standard InChI is InChI=1S/C16H23ClN4/c1-3-11-21-16(14(17)12-20-21)15(19-4-2)6-5-13-7-9-18-10-8-13/h7-10,12,15,19H,3-6,11H2,1-2H3. The van der Waals surface area contributed by atoms with E-state index < -0.39 is 0 Å². The van der Waals surface area contributed by atoms with Crippen LogP contribution in [0.4, 0.5) is 0 Å². The summed E-state index contributed by atoms with van der Waals surface area (Å²) in [5, 5.41) is 8.69. The first kappa shape index (κ1) is 16.0. The van der Waals surface area contributed by atoms with Gasteiger partial charge in [-0.05, 0) is 43.5 Å². The Morgan fingerprint density at radius 3 is 2.71 bits per heavy atom. The second kappa shape index (κ2) is 8.15. The summed E-state index contributed by atoms with van der Waals surface area (Å²) in [6, 6.07) is 4.35. The van der Waals surface area contributed by atoms with Gasteiger partial charge in [-0.15, -0.1) is 0 Å². The van der Waals surface area contributed by atoms with E-state index in [1.165, 1.54) is 5.56 Å². The molecule has 0 fully saturated rings. The molecule has 2 aromatic rings. The molecule has 0 bridgehead atoms. The first-order valence-corrected chi connectivity index (χ1v) is 7.97. The summed E-state index contributed by atoms with van der Waals surface area (Å²) in [5.74, 6) is 0. The van der Waals surface area contributed by atoms with Gasteiger partial charge in [0.15, 0.2) is 0 Å². The molecular weight excluding hydrogens is 284 g/mol. The van der Waals surface area contributed by atoms with Crippen molar-refractivity contribution >= 4 is 11.6 Å². The maximum absolute atomic E-state index is 6.36. The number of nitrogens with one attached hydrogen (secondary N) is 1. The predicted octanol–water partition coefficient (Wildman–Crippen LogP) is 3.62. The molecule has 1 N–H and O–H groups in total. The Balaban J connectivity index is 2.13. The number of nitrogens with zero attached hydrogens (tertiary/aromatic N) is 3. The number of aromatic nitrogens is 3. The zero-order chi connectivity index (χ0) is 15.1. The second-order valence-electron chi connectivity index (χ2n) is 5.11. The van der Waals surface area contributed by atoms with Crippen LogP contribution in [0.1, 0.15) is 44.0 Å². The van der Waals surface area contributed by atoms with Gasteiger partial charge in [0.1, 0.15) is 0 Å². The van der Waals surface area contributed by atoms with Crippen molar-refractivity contribution in [2.45, 2.75) is 45.7 Å². The van der Waals surface area contributed by atoms with Crippen molar-refractivity contribution in [3.05, 3.63) is 47.0 Å². The number of pyridine rings is 1. The predicted molar refractivity (Wildman–Crippen MR) is 86.5 cm³/mol. The first-order valence-electron chi connectivity index (χ1n) is 7.59. The zero-order valence-corrected chi connectivity index (χ0v) is 13.5. The number of hydrogen-bond donors (Lipinski definition) is 1. The summed E-state index contributed by atoms with van der Waals surface area (Å²) in [5.41, 5.74) is 2.40. The highest BCUT2D eigenvalue weighted by Crippen LogP contribution is 2.26. The number of aryl methyl sites for hydroxylation is 2. The molecule has 21 heavy (non-hydrogen) atoms. The fraction of sp³-hybridized carbons (Fsp3) is 0.500. The van der Waals surface area contributed by atoms with Gasteiger partial charge in [0.2, 0.25) is 0 Å². The van der Waals surface area contributed by atoms with Crippen molar-refractivity contribution in [3.63, 3.8) is 0 Å². The largest absolute Gasteiger partial charge is 0.309 e. The fourth-order valence-electron chi connectivity index (χ4n) is 2.55. The maximum atomic E-state index is 6.36. The average Bonchev–Trinajstić information content (AvgIpc) is 2.86. The molecule has 2 aromatic heterocycles. The lowest BCUT2D eigenvalue weighted by Gasteiger charge is -2.20. The zero-order valence-electron chi connectivity index (χ0n) is 12.7. The van der Waals surface area contributed by atoms with Crippen LogP contribution in [0.5, 0.6) is 0 Å². The third-order valence-corrected chi connectivity index (χ3v) is 3.81. The van der Waals surface area contributed by atoms with Crippen molar-refractivity contribution in [2.24, 2.45) is 0 Å². The molecule has 0 aliphatic rings. The van der Waals surface area contributed by atoms with Crippen LogP contribution in [0, 0.1) is 0 Å². The minimum atomic E-state index is 0.227. The van der Waals surface area contributed by atoms with E-state index in [9.17, 15) is 0 Å². The lowest BCUT2D eigenvalue weighted by atomic mass is 10.0. The van der Waals surface area contributed by atoms with Crippen molar-refractivity contribution in [1.82, 2.24) is 20.1 Å². The molecular formula is C16H23ClN4. The molecule has 0 saturated heterocycles. The topological polar surface area (TPSA) is 42.7 Å². The third kappa shape index (κ3) is 4.29. The van der Waals surface area contributed by atoms with Crippen molar-refractivity contribution in [1.29, 1.82) is 0 Å². The van der Waals surface area contributed by atoms with E-state index in [4.69, 9.17) is 11.6 Å². The van der Waals surface area contributed by atoms with Gasteiger partial charge in [0.25, 0.3) is 0 Å². The summed E-state index contributed by atoms with van der Waals surface area (Å²) < 4.78 is 2.03. The minimum absolute atomic E-state index is 0.227. The van der Waals surface area contributed by atoms with E-state index in [0.717, 1.165) is 43.1 Å². The number of halogens is 1. The summed E-state index contributed by atoms with van der Waals surface area (Å²) in [4.78, 5) is 4.06. The number of hydrogen-bond acceptors (Lipinski definition) is 3. The highest BCUT2D eigenvalue weighted by Gasteiger charge is 2.19. The molecule has 1 atom stereocenters. The van der Waals surface area contributed by atoms with Gasteiger partial charge in [0.05, 0.1) is 23.0 Å². The van der Waals surface area contributed by atoms with Crippen LogP contribution in [0.3, 0.4) is 0 Å². The second-order valence-corrected chi connectivity index (χ2v) is 5.51. The molecule has 114 valence electrons. The Morgan fingerprint density at radius 1 is 1.29 bits per heavy atom. The van der Waals surface area contributed by atoms with Crippen LogP contribution in [-0.4, -0.2) is 21.3 Å². The lowest BCUT2D eigenvalue weighted by molar-refractivity contribution is 0.458. The molecule has 1 unspecified atom stereocenters.